The van der Waals surface area contributed by atoms with Crippen LogP contribution in [0.25, 0.3) is 0 Å². The van der Waals surface area contributed by atoms with E-state index in [1.165, 1.54) is 0 Å². The van der Waals surface area contributed by atoms with Crippen molar-refractivity contribution in [3.63, 3.8) is 0 Å². The van der Waals surface area contributed by atoms with Gasteiger partial charge in [0.1, 0.15) is 6.42 Å². The molecule has 0 spiro atoms. The molecular weight excluding hydrogens is 304 g/mol. The molecule has 132 valence electrons. The van der Waals surface area contributed by atoms with E-state index in [9.17, 15) is 19.2 Å². The molecule has 0 unspecified atom stereocenters. The van der Waals surface area contributed by atoms with Gasteiger partial charge in [0, 0.05) is 0 Å². The molecule has 0 aliphatic carbocycles. The Morgan fingerprint density at radius 2 is 0.957 bits per heavy atom. The molecule has 0 aromatic heterocycles. The minimum Gasteiger partial charge on any atom is -0.449 e. The molecule has 0 aromatic carbocycles. The van der Waals surface area contributed by atoms with Crippen LogP contribution < -0.4 is 11.5 Å². The number of ether oxygens (including phenoxy) is 2. The van der Waals surface area contributed by atoms with Gasteiger partial charge in [0.25, 0.3) is 11.8 Å². The number of carbonyl (C=O) groups excluding carboxylic acids is 4. The Labute approximate surface area is 135 Å². The van der Waals surface area contributed by atoms with Crippen LogP contribution in [0.5, 0.6) is 0 Å². The van der Waals surface area contributed by atoms with Gasteiger partial charge in [0.05, 0.1) is 0 Å². The Balaban J connectivity index is 4.95. The van der Waals surface area contributed by atoms with Gasteiger partial charge in [0.2, 0.25) is 0 Å². The summed E-state index contributed by atoms with van der Waals surface area (Å²) in [6.07, 6.45) is 0.0249. The summed E-state index contributed by atoms with van der Waals surface area (Å²) in [7, 11) is 0. The van der Waals surface area contributed by atoms with Crippen LogP contribution in [0.2, 0.25) is 0 Å². The van der Waals surface area contributed by atoms with Gasteiger partial charge in [-0.15, -0.1) is 0 Å². The van der Waals surface area contributed by atoms with Crippen LogP contribution in [0.1, 0.15) is 59.8 Å². The van der Waals surface area contributed by atoms with Gasteiger partial charge in [-0.2, -0.15) is 0 Å². The molecule has 0 atom stereocenters. The van der Waals surface area contributed by atoms with Crippen LogP contribution in [0.15, 0.2) is 0 Å². The lowest BCUT2D eigenvalue weighted by Gasteiger charge is -2.29. The highest BCUT2D eigenvalue weighted by molar-refractivity contribution is 5.95. The molecule has 0 heterocycles. The number of nitrogens with two attached hydrogens (primary N) is 2. The molecule has 0 bridgehead atoms. The van der Waals surface area contributed by atoms with Crippen LogP contribution in [0.4, 0.5) is 0 Å². The van der Waals surface area contributed by atoms with E-state index >= 15 is 0 Å². The van der Waals surface area contributed by atoms with Crippen molar-refractivity contribution in [1.82, 2.24) is 0 Å². The van der Waals surface area contributed by atoms with Crippen LogP contribution >= 0.6 is 0 Å². The number of hydrogen-bond donors (Lipinski definition) is 2. The lowest BCUT2D eigenvalue weighted by molar-refractivity contribution is -0.178. The van der Waals surface area contributed by atoms with Crippen molar-refractivity contribution in [3.05, 3.63) is 0 Å². The van der Waals surface area contributed by atoms with E-state index in [1.54, 1.807) is 27.7 Å². The van der Waals surface area contributed by atoms with Crippen molar-refractivity contribution >= 4 is 23.8 Å². The first-order valence-electron chi connectivity index (χ1n) is 7.66. The zero-order valence-electron chi connectivity index (χ0n) is 14.1. The largest absolute Gasteiger partial charge is 0.449 e. The minimum atomic E-state index is -1.45. The Bertz CT molecular complexity index is 425. The fourth-order valence-electron chi connectivity index (χ4n) is 2.21. The van der Waals surface area contributed by atoms with E-state index < -0.39 is 41.4 Å². The number of amides is 2. The van der Waals surface area contributed by atoms with Crippen LogP contribution in [0.3, 0.4) is 0 Å². The van der Waals surface area contributed by atoms with Crippen LogP contribution in [-0.2, 0) is 28.7 Å². The second kappa shape index (κ2) is 8.50. The summed E-state index contributed by atoms with van der Waals surface area (Å²) in [5.41, 5.74) is 7.62. The van der Waals surface area contributed by atoms with Crippen LogP contribution in [-0.4, -0.2) is 35.0 Å². The van der Waals surface area contributed by atoms with Crippen molar-refractivity contribution in [2.45, 2.75) is 71.0 Å². The highest BCUT2D eigenvalue weighted by Gasteiger charge is 2.40. The zero-order valence-corrected chi connectivity index (χ0v) is 14.1. The van der Waals surface area contributed by atoms with Crippen molar-refractivity contribution < 1.29 is 28.7 Å². The second-order valence-corrected chi connectivity index (χ2v) is 5.26. The summed E-state index contributed by atoms with van der Waals surface area (Å²) >= 11 is 0. The van der Waals surface area contributed by atoms with E-state index in [4.69, 9.17) is 20.9 Å². The van der Waals surface area contributed by atoms with Gasteiger partial charge in [-0.05, 0) is 25.7 Å². The normalized spacial score (nSPS) is 11.7. The number of rotatable bonds is 10. The molecule has 0 saturated heterocycles. The maximum absolute atomic E-state index is 11.9. The number of primary amides is 2. The van der Waals surface area contributed by atoms with Gasteiger partial charge < -0.3 is 20.9 Å². The molecule has 23 heavy (non-hydrogen) atoms. The molecule has 0 aliphatic rings. The van der Waals surface area contributed by atoms with Crippen molar-refractivity contribution in [2.24, 2.45) is 11.5 Å². The monoisotopic (exact) mass is 330 g/mol. The summed E-state index contributed by atoms with van der Waals surface area (Å²) in [5, 5.41) is 0. The van der Waals surface area contributed by atoms with Gasteiger partial charge in [0.15, 0.2) is 11.2 Å². The molecule has 0 rings (SSSR count). The standard InChI is InChI=1S/C15H26N2O6/c1-5-14(6-2,12(16)20)22-10(18)9-11(19)23-15(7-3,8-4)13(17)21/h5-9H2,1-4H3,(H2,16,20)(H2,17,21). The molecule has 0 fully saturated rings. The average Bonchev–Trinajstić information content (AvgIpc) is 2.49. The Hall–Kier alpha value is -2.12. The van der Waals surface area contributed by atoms with E-state index in [0.717, 1.165) is 0 Å². The molecule has 8 nitrogen and oxygen atoms in total. The third-order valence-electron chi connectivity index (χ3n) is 4.09. The number of carbonyl (C=O) groups is 4. The molecular formula is C15H26N2O6. The molecule has 2 amide bonds. The number of esters is 2. The summed E-state index contributed by atoms with van der Waals surface area (Å²) in [6, 6.07) is 0. The lowest BCUT2D eigenvalue weighted by Crippen LogP contribution is -2.48. The summed E-state index contributed by atoms with van der Waals surface area (Å²) in [4.78, 5) is 46.7. The maximum atomic E-state index is 11.9. The van der Waals surface area contributed by atoms with Crippen molar-refractivity contribution in [3.8, 4) is 0 Å². The molecule has 8 heteroatoms. The summed E-state index contributed by atoms with van der Waals surface area (Å²) in [5.74, 6) is -3.44. The minimum absolute atomic E-state index is 0.189. The van der Waals surface area contributed by atoms with Crippen molar-refractivity contribution in [2.75, 3.05) is 0 Å². The highest BCUT2D eigenvalue weighted by atomic mass is 16.6. The quantitative estimate of drug-likeness (QED) is 0.443. The first-order valence-corrected chi connectivity index (χ1v) is 7.66. The van der Waals surface area contributed by atoms with E-state index in [2.05, 4.69) is 0 Å². The smallest absolute Gasteiger partial charge is 0.318 e. The molecule has 0 aromatic rings. The van der Waals surface area contributed by atoms with Gasteiger partial charge >= 0.3 is 11.9 Å². The van der Waals surface area contributed by atoms with Crippen molar-refractivity contribution in [1.29, 1.82) is 0 Å². The molecule has 0 saturated carbocycles. The van der Waals surface area contributed by atoms with E-state index in [-0.39, 0.29) is 25.7 Å². The van der Waals surface area contributed by atoms with Gasteiger partial charge in [-0.25, -0.2) is 0 Å². The summed E-state index contributed by atoms with van der Waals surface area (Å²) in [6.45, 7) is 6.58. The lowest BCUT2D eigenvalue weighted by atomic mass is 9.96. The fourth-order valence-corrected chi connectivity index (χ4v) is 2.21. The van der Waals surface area contributed by atoms with Crippen LogP contribution in [0, 0.1) is 0 Å². The summed E-state index contributed by atoms with van der Waals surface area (Å²) < 4.78 is 10.2. The van der Waals surface area contributed by atoms with Gasteiger partial charge in [-0.3, -0.25) is 19.2 Å². The Kier molecular flexibility index (Phi) is 7.71. The fraction of sp³-hybridized carbons (Fsp3) is 0.733. The highest BCUT2D eigenvalue weighted by Crippen LogP contribution is 2.23. The van der Waals surface area contributed by atoms with E-state index in [0.29, 0.717) is 0 Å². The first-order chi connectivity index (χ1) is 10.6. The predicted octanol–water partition coefficient (Wildman–Crippen LogP) is 0.551. The average molecular weight is 330 g/mol. The topological polar surface area (TPSA) is 139 Å². The molecule has 4 N–H and O–H groups in total. The number of hydrogen-bond acceptors (Lipinski definition) is 6. The molecule has 0 aliphatic heterocycles. The Morgan fingerprint density at radius 1 is 0.696 bits per heavy atom. The Morgan fingerprint density at radius 3 is 1.13 bits per heavy atom. The predicted molar refractivity (Wildman–Crippen MR) is 81.8 cm³/mol. The third kappa shape index (κ3) is 4.94. The van der Waals surface area contributed by atoms with Gasteiger partial charge in [-0.1, -0.05) is 27.7 Å². The zero-order chi connectivity index (χ0) is 18.3. The maximum Gasteiger partial charge on any atom is 0.318 e. The second-order valence-electron chi connectivity index (χ2n) is 5.26. The van der Waals surface area contributed by atoms with E-state index in [1.807, 2.05) is 0 Å². The first kappa shape index (κ1) is 20.9. The SMILES string of the molecule is CCC(CC)(OC(=O)CC(=O)OC(CC)(CC)C(N)=O)C(N)=O. The third-order valence-corrected chi connectivity index (χ3v) is 4.09. The molecule has 0 radical (unpaired) electrons.